The molecule has 31 heavy (non-hydrogen) atoms. The number of rotatable bonds is 6. The number of hydrogen-bond acceptors (Lipinski definition) is 5. The molecule has 0 unspecified atom stereocenters. The van der Waals surface area contributed by atoms with Gasteiger partial charge < -0.3 is 15.2 Å². The van der Waals surface area contributed by atoms with Crippen LogP contribution in [0, 0.1) is 23.7 Å². The van der Waals surface area contributed by atoms with E-state index < -0.39 is 23.8 Å². The van der Waals surface area contributed by atoms with E-state index in [1.165, 1.54) is 11.3 Å². The molecule has 7 heteroatoms. The van der Waals surface area contributed by atoms with E-state index in [1.807, 2.05) is 47.9 Å². The van der Waals surface area contributed by atoms with Crippen LogP contribution in [0.2, 0.25) is 0 Å². The summed E-state index contributed by atoms with van der Waals surface area (Å²) in [7, 11) is 0. The van der Waals surface area contributed by atoms with E-state index in [-0.39, 0.29) is 23.8 Å². The highest BCUT2D eigenvalue weighted by atomic mass is 32.1. The Labute approximate surface area is 184 Å². The van der Waals surface area contributed by atoms with Gasteiger partial charge in [-0.05, 0) is 44.1 Å². The first-order valence-electron chi connectivity index (χ1n) is 10.5. The number of fused-ring (bicyclic) bond motifs is 2. The molecule has 1 aromatic carbocycles. The van der Waals surface area contributed by atoms with Gasteiger partial charge in [-0.1, -0.05) is 42.5 Å². The first-order chi connectivity index (χ1) is 14.9. The maximum atomic E-state index is 13.3. The number of benzene rings is 1. The third kappa shape index (κ3) is 4.14. The standard InChI is InChI=1S/C24H25NO5S/c1-13(2)30-24(29)20-17(14-6-4-3-5-7-14)12-31-22(20)25-21(26)18-15-8-10-16(11-9-15)19(18)23(27)28/h3-8,10,12-13,15-16,18-19H,9,11H2,1-2H3,(H,25,26)(H,27,28)/t15-,16-,18+,19-/m0/s1. The number of allylic oxidation sites excluding steroid dienone is 2. The van der Waals surface area contributed by atoms with Crippen LogP contribution < -0.4 is 5.32 Å². The first-order valence-corrected chi connectivity index (χ1v) is 11.3. The van der Waals surface area contributed by atoms with Gasteiger partial charge >= 0.3 is 11.9 Å². The highest BCUT2D eigenvalue weighted by molar-refractivity contribution is 7.15. The van der Waals surface area contributed by atoms with Crippen molar-refractivity contribution < 1.29 is 24.2 Å². The molecule has 0 aliphatic heterocycles. The molecule has 5 rings (SSSR count). The highest BCUT2D eigenvalue weighted by Crippen LogP contribution is 2.46. The number of carboxylic acids is 1. The van der Waals surface area contributed by atoms with Gasteiger partial charge in [0.1, 0.15) is 10.6 Å². The molecule has 3 aliphatic carbocycles. The maximum absolute atomic E-state index is 13.3. The molecule has 0 saturated heterocycles. The second kappa shape index (κ2) is 8.67. The lowest BCUT2D eigenvalue weighted by Gasteiger charge is -2.41. The molecule has 1 amide bonds. The Kier molecular flexibility index (Phi) is 5.96. The molecule has 2 aromatic rings. The average molecular weight is 440 g/mol. The van der Waals surface area contributed by atoms with E-state index in [1.54, 1.807) is 13.8 Å². The molecule has 2 N–H and O–H groups in total. The van der Waals surface area contributed by atoms with E-state index >= 15 is 0 Å². The van der Waals surface area contributed by atoms with Gasteiger partial charge in [-0.3, -0.25) is 9.59 Å². The van der Waals surface area contributed by atoms with E-state index in [9.17, 15) is 19.5 Å². The summed E-state index contributed by atoms with van der Waals surface area (Å²) in [6.45, 7) is 3.54. The zero-order chi connectivity index (χ0) is 22.1. The van der Waals surface area contributed by atoms with Crippen molar-refractivity contribution in [3.63, 3.8) is 0 Å². The molecule has 1 saturated carbocycles. The molecule has 162 valence electrons. The summed E-state index contributed by atoms with van der Waals surface area (Å²) in [5.74, 6) is -3.45. The van der Waals surface area contributed by atoms with Gasteiger partial charge in [-0.15, -0.1) is 11.3 Å². The predicted octanol–water partition coefficient (Wildman–Crippen LogP) is 4.83. The molecule has 4 atom stereocenters. The van der Waals surface area contributed by atoms with Crippen molar-refractivity contribution >= 4 is 34.2 Å². The summed E-state index contributed by atoms with van der Waals surface area (Å²) in [4.78, 5) is 38.1. The second-order valence-corrected chi connectivity index (χ2v) is 9.22. The highest BCUT2D eigenvalue weighted by Gasteiger charge is 2.48. The van der Waals surface area contributed by atoms with Crippen LogP contribution in [0.1, 0.15) is 37.0 Å². The predicted molar refractivity (Wildman–Crippen MR) is 119 cm³/mol. The number of nitrogens with one attached hydrogen (secondary N) is 1. The normalized spacial score (nSPS) is 24.2. The Morgan fingerprint density at radius 2 is 1.71 bits per heavy atom. The molecule has 3 aliphatic rings. The number of anilines is 1. The number of thiophene rings is 1. The van der Waals surface area contributed by atoms with Gasteiger partial charge in [0.05, 0.1) is 17.9 Å². The molecule has 0 spiro atoms. The quantitative estimate of drug-likeness (QED) is 0.497. The molecule has 1 heterocycles. The Hall–Kier alpha value is -2.93. The smallest absolute Gasteiger partial charge is 0.342 e. The van der Waals surface area contributed by atoms with E-state index in [2.05, 4.69) is 5.32 Å². The summed E-state index contributed by atoms with van der Waals surface area (Å²) >= 11 is 1.25. The Bertz CT molecular complexity index is 1030. The van der Waals surface area contributed by atoms with E-state index in [4.69, 9.17) is 4.74 Å². The van der Waals surface area contributed by atoms with Gasteiger partial charge in [-0.25, -0.2) is 4.79 Å². The SMILES string of the molecule is CC(C)OC(=O)c1c(-c2ccccc2)csc1NC(=O)[C@H]1[C@@H](C(=O)O)[C@H]2C=C[C@H]1CC2. The van der Waals surface area contributed by atoms with Gasteiger partial charge in [0.15, 0.2) is 0 Å². The number of esters is 1. The minimum absolute atomic E-state index is 0.106. The molecule has 1 aromatic heterocycles. The van der Waals surface area contributed by atoms with E-state index in [0.717, 1.165) is 18.4 Å². The van der Waals surface area contributed by atoms with Crippen LogP contribution in [0.4, 0.5) is 5.00 Å². The lowest BCUT2D eigenvalue weighted by molar-refractivity contribution is -0.151. The monoisotopic (exact) mass is 439 g/mol. The fourth-order valence-electron chi connectivity index (χ4n) is 4.64. The molecule has 1 fully saturated rings. The van der Waals surface area contributed by atoms with Gasteiger partial charge in [0.25, 0.3) is 0 Å². The lowest BCUT2D eigenvalue weighted by atomic mass is 9.62. The van der Waals surface area contributed by atoms with Crippen molar-refractivity contribution in [2.45, 2.75) is 32.8 Å². The summed E-state index contributed by atoms with van der Waals surface area (Å²) in [5, 5.41) is 14.8. The fourth-order valence-corrected chi connectivity index (χ4v) is 5.60. The van der Waals surface area contributed by atoms with Crippen LogP contribution in [-0.2, 0) is 14.3 Å². The average Bonchev–Trinajstić information content (AvgIpc) is 3.17. The van der Waals surface area contributed by atoms with Gasteiger partial charge in [0.2, 0.25) is 5.91 Å². The topological polar surface area (TPSA) is 92.7 Å². The van der Waals surface area contributed by atoms with Crippen LogP contribution in [-0.4, -0.2) is 29.1 Å². The second-order valence-electron chi connectivity index (χ2n) is 8.34. The number of aliphatic carboxylic acids is 1. The zero-order valence-corrected chi connectivity index (χ0v) is 18.2. The van der Waals surface area contributed by atoms with Crippen molar-refractivity contribution in [2.75, 3.05) is 5.32 Å². The molecule has 0 radical (unpaired) electrons. The zero-order valence-electron chi connectivity index (χ0n) is 17.4. The number of carbonyl (C=O) groups is 3. The summed E-state index contributed by atoms with van der Waals surface area (Å²) < 4.78 is 5.44. The summed E-state index contributed by atoms with van der Waals surface area (Å²) in [6, 6.07) is 9.44. The third-order valence-electron chi connectivity index (χ3n) is 6.00. The maximum Gasteiger partial charge on any atom is 0.342 e. The fraction of sp³-hybridized carbons (Fsp3) is 0.375. The Morgan fingerprint density at radius 3 is 2.29 bits per heavy atom. The number of ether oxygens (including phenoxy) is 1. The van der Waals surface area contributed by atoms with Crippen LogP contribution >= 0.6 is 11.3 Å². The van der Waals surface area contributed by atoms with Gasteiger partial charge in [-0.2, -0.15) is 0 Å². The number of amides is 1. The summed E-state index contributed by atoms with van der Waals surface area (Å²) in [6.07, 6.45) is 5.17. The Morgan fingerprint density at radius 1 is 1.06 bits per heavy atom. The molecule has 6 nitrogen and oxygen atoms in total. The molecule has 2 bridgehead atoms. The van der Waals surface area contributed by atoms with Crippen LogP contribution in [0.3, 0.4) is 0 Å². The van der Waals surface area contributed by atoms with Crippen molar-refractivity contribution in [2.24, 2.45) is 23.7 Å². The van der Waals surface area contributed by atoms with Crippen molar-refractivity contribution in [3.05, 3.63) is 53.4 Å². The lowest BCUT2D eigenvalue weighted by Crippen LogP contribution is -2.47. The Balaban J connectivity index is 1.67. The van der Waals surface area contributed by atoms with Crippen LogP contribution in [0.5, 0.6) is 0 Å². The number of hydrogen-bond donors (Lipinski definition) is 2. The molecular formula is C24H25NO5S. The number of carboxylic acid groups (broad SMARTS) is 1. The van der Waals surface area contributed by atoms with Crippen LogP contribution in [0.15, 0.2) is 47.9 Å². The molecular weight excluding hydrogens is 414 g/mol. The minimum Gasteiger partial charge on any atom is -0.481 e. The number of carbonyl (C=O) groups excluding carboxylic acids is 2. The van der Waals surface area contributed by atoms with Crippen molar-refractivity contribution in [1.82, 2.24) is 0 Å². The largest absolute Gasteiger partial charge is 0.481 e. The summed E-state index contributed by atoms with van der Waals surface area (Å²) in [5.41, 5.74) is 1.84. The van der Waals surface area contributed by atoms with Crippen molar-refractivity contribution in [1.29, 1.82) is 0 Å². The third-order valence-corrected chi connectivity index (χ3v) is 6.89. The van der Waals surface area contributed by atoms with E-state index in [0.29, 0.717) is 16.1 Å². The minimum atomic E-state index is -0.949. The van der Waals surface area contributed by atoms with Crippen LogP contribution in [0.25, 0.3) is 11.1 Å². The van der Waals surface area contributed by atoms with Gasteiger partial charge in [0, 0.05) is 10.9 Å². The van der Waals surface area contributed by atoms with Crippen molar-refractivity contribution in [3.8, 4) is 11.1 Å². The first kappa shape index (κ1) is 21.3.